The molecule has 1 rings (SSSR count). The highest BCUT2D eigenvalue weighted by atomic mass is 32.1. The van der Waals surface area contributed by atoms with E-state index in [0.717, 1.165) is 6.54 Å². The number of piperidine rings is 1. The molecule has 0 spiro atoms. The first-order chi connectivity index (χ1) is 6.74. The maximum atomic E-state index is 5.69. The third-order valence-electron chi connectivity index (χ3n) is 2.99. The summed E-state index contributed by atoms with van der Waals surface area (Å²) in [7, 11) is 0. The molecule has 1 atom stereocenters. The molecule has 1 aliphatic heterocycles. The van der Waals surface area contributed by atoms with Gasteiger partial charge in [0.15, 0.2) is 0 Å². The number of hydrogen-bond donors (Lipinski definition) is 1. The zero-order valence-electron chi connectivity index (χ0n) is 9.17. The van der Waals surface area contributed by atoms with Crippen LogP contribution in [-0.2, 0) is 0 Å². The monoisotopic (exact) mass is 214 g/mol. The zero-order chi connectivity index (χ0) is 10.4. The molecule has 0 aliphatic carbocycles. The zero-order valence-corrected chi connectivity index (χ0v) is 9.98. The number of hydrogen-bond acceptors (Lipinski definition) is 2. The van der Waals surface area contributed by atoms with Crippen molar-refractivity contribution in [1.29, 1.82) is 0 Å². The molecule has 1 heterocycles. The lowest BCUT2D eigenvalue weighted by molar-refractivity contribution is 0.201. The normalized spacial score (nSPS) is 23.6. The second kappa shape index (κ2) is 6.36. The van der Waals surface area contributed by atoms with Crippen molar-refractivity contribution in [2.45, 2.75) is 39.0 Å². The minimum Gasteiger partial charge on any atom is -0.393 e. The Morgan fingerprint density at radius 1 is 1.50 bits per heavy atom. The Labute approximate surface area is 92.8 Å². The molecule has 0 radical (unpaired) electrons. The van der Waals surface area contributed by atoms with Crippen LogP contribution in [0.3, 0.4) is 0 Å². The van der Waals surface area contributed by atoms with Crippen LogP contribution in [0.5, 0.6) is 0 Å². The molecule has 0 saturated carbocycles. The van der Waals surface area contributed by atoms with Gasteiger partial charge in [0.1, 0.15) is 0 Å². The van der Waals surface area contributed by atoms with E-state index in [4.69, 9.17) is 18.0 Å². The van der Waals surface area contributed by atoms with Crippen molar-refractivity contribution < 1.29 is 0 Å². The Kier molecular flexibility index (Phi) is 5.41. The minimum absolute atomic E-state index is 0.473. The predicted molar refractivity (Wildman–Crippen MR) is 65.5 cm³/mol. The van der Waals surface area contributed by atoms with Gasteiger partial charge in [-0.2, -0.15) is 0 Å². The van der Waals surface area contributed by atoms with Gasteiger partial charge in [0, 0.05) is 12.5 Å². The van der Waals surface area contributed by atoms with Gasteiger partial charge in [-0.3, -0.25) is 0 Å². The van der Waals surface area contributed by atoms with Crippen molar-refractivity contribution in [3.05, 3.63) is 0 Å². The van der Waals surface area contributed by atoms with Gasteiger partial charge in [-0.05, 0) is 32.4 Å². The van der Waals surface area contributed by atoms with Crippen LogP contribution in [0.15, 0.2) is 0 Å². The van der Waals surface area contributed by atoms with Gasteiger partial charge in [-0.15, -0.1) is 0 Å². The van der Waals surface area contributed by atoms with Crippen LogP contribution >= 0.6 is 12.2 Å². The summed E-state index contributed by atoms with van der Waals surface area (Å²) >= 11 is 5.05. The summed E-state index contributed by atoms with van der Waals surface area (Å²) in [5.74, 6) is 0.473. The Morgan fingerprint density at radius 2 is 2.29 bits per heavy atom. The van der Waals surface area contributed by atoms with Crippen LogP contribution in [0.4, 0.5) is 0 Å². The SMILES string of the molecule is CCCCCN1CCCC(C(N)=S)C1. The topological polar surface area (TPSA) is 29.3 Å². The third kappa shape index (κ3) is 3.93. The fourth-order valence-electron chi connectivity index (χ4n) is 2.08. The molecule has 1 unspecified atom stereocenters. The van der Waals surface area contributed by atoms with Crippen molar-refractivity contribution in [1.82, 2.24) is 4.90 Å². The van der Waals surface area contributed by atoms with E-state index in [0.29, 0.717) is 10.9 Å². The minimum atomic E-state index is 0.473. The van der Waals surface area contributed by atoms with Crippen LogP contribution in [-0.4, -0.2) is 29.5 Å². The fourth-order valence-corrected chi connectivity index (χ4v) is 2.27. The lowest BCUT2D eigenvalue weighted by atomic mass is 9.98. The number of nitrogens with zero attached hydrogens (tertiary/aromatic N) is 1. The fraction of sp³-hybridized carbons (Fsp3) is 0.909. The summed E-state index contributed by atoms with van der Waals surface area (Å²) in [6.45, 7) is 5.81. The summed E-state index contributed by atoms with van der Waals surface area (Å²) in [6, 6.07) is 0. The maximum absolute atomic E-state index is 5.69. The lowest BCUT2D eigenvalue weighted by Gasteiger charge is -2.32. The molecule has 0 amide bonds. The number of nitrogens with two attached hydrogens (primary N) is 1. The molecule has 3 heteroatoms. The van der Waals surface area contributed by atoms with E-state index in [1.165, 1.54) is 45.2 Å². The third-order valence-corrected chi connectivity index (χ3v) is 3.32. The Balaban J connectivity index is 2.22. The van der Waals surface area contributed by atoms with Crippen molar-refractivity contribution in [3.63, 3.8) is 0 Å². The van der Waals surface area contributed by atoms with Gasteiger partial charge < -0.3 is 10.6 Å². The number of unbranched alkanes of at least 4 members (excludes halogenated alkanes) is 2. The van der Waals surface area contributed by atoms with E-state index in [-0.39, 0.29) is 0 Å². The molecule has 2 nitrogen and oxygen atoms in total. The first-order valence-corrected chi connectivity index (χ1v) is 6.16. The van der Waals surface area contributed by atoms with Gasteiger partial charge in [0.25, 0.3) is 0 Å². The highest BCUT2D eigenvalue weighted by Crippen LogP contribution is 2.17. The molecule has 0 aromatic rings. The van der Waals surface area contributed by atoms with Crippen LogP contribution in [0, 0.1) is 5.92 Å². The van der Waals surface area contributed by atoms with E-state index in [2.05, 4.69) is 11.8 Å². The van der Waals surface area contributed by atoms with Crippen LogP contribution in [0.2, 0.25) is 0 Å². The van der Waals surface area contributed by atoms with Gasteiger partial charge >= 0.3 is 0 Å². The molecule has 82 valence electrons. The van der Waals surface area contributed by atoms with Crippen LogP contribution < -0.4 is 5.73 Å². The van der Waals surface area contributed by atoms with Crippen molar-refractivity contribution in [2.24, 2.45) is 11.7 Å². The lowest BCUT2D eigenvalue weighted by Crippen LogP contribution is -2.40. The first-order valence-electron chi connectivity index (χ1n) is 5.75. The van der Waals surface area contributed by atoms with Crippen molar-refractivity contribution >= 4 is 17.2 Å². The Morgan fingerprint density at radius 3 is 2.93 bits per heavy atom. The molecule has 1 saturated heterocycles. The number of rotatable bonds is 5. The quantitative estimate of drug-likeness (QED) is 0.562. The van der Waals surface area contributed by atoms with E-state index < -0.39 is 0 Å². The summed E-state index contributed by atoms with van der Waals surface area (Å²) in [5, 5.41) is 0. The molecule has 1 fully saturated rings. The van der Waals surface area contributed by atoms with E-state index in [9.17, 15) is 0 Å². The largest absolute Gasteiger partial charge is 0.393 e. The van der Waals surface area contributed by atoms with Gasteiger partial charge in [-0.25, -0.2) is 0 Å². The van der Waals surface area contributed by atoms with Gasteiger partial charge in [0.05, 0.1) is 4.99 Å². The molecule has 14 heavy (non-hydrogen) atoms. The standard InChI is InChI=1S/C11H22N2S/c1-2-3-4-7-13-8-5-6-10(9-13)11(12)14/h10H,2-9H2,1H3,(H2,12,14). The summed E-state index contributed by atoms with van der Waals surface area (Å²) in [6.07, 6.45) is 6.41. The van der Waals surface area contributed by atoms with E-state index in [1.807, 2.05) is 0 Å². The average Bonchev–Trinajstić information content (AvgIpc) is 2.19. The first kappa shape index (κ1) is 11.9. The van der Waals surface area contributed by atoms with Gasteiger partial charge in [-0.1, -0.05) is 32.0 Å². The number of likely N-dealkylation sites (tertiary alicyclic amines) is 1. The van der Waals surface area contributed by atoms with E-state index in [1.54, 1.807) is 0 Å². The highest BCUT2D eigenvalue weighted by Gasteiger charge is 2.20. The molecule has 1 aliphatic rings. The summed E-state index contributed by atoms with van der Waals surface area (Å²) < 4.78 is 0. The number of thiocarbonyl (C=S) groups is 1. The highest BCUT2D eigenvalue weighted by molar-refractivity contribution is 7.80. The molecule has 0 aromatic carbocycles. The Hall–Kier alpha value is -0.150. The second-order valence-electron chi connectivity index (χ2n) is 4.25. The molecular formula is C11H22N2S. The second-order valence-corrected chi connectivity index (χ2v) is 4.72. The predicted octanol–water partition coefficient (Wildman–Crippen LogP) is 2.17. The molecule has 2 N–H and O–H groups in total. The summed E-state index contributed by atoms with van der Waals surface area (Å²) in [5.41, 5.74) is 5.69. The van der Waals surface area contributed by atoms with Crippen LogP contribution in [0.25, 0.3) is 0 Å². The maximum Gasteiger partial charge on any atom is 0.0771 e. The summed E-state index contributed by atoms with van der Waals surface area (Å²) in [4.78, 5) is 3.23. The van der Waals surface area contributed by atoms with Crippen molar-refractivity contribution in [3.8, 4) is 0 Å². The molecule has 0 aromatic heterocycles. The van der Waals surface area contributed by atoms with E-state index >= 15 is 0 Å². The van der Waals surface area contributed by atoms with Gasteiger partial charge in [0.2, 0.25) is 0 Å². The van der Waals surface area contributed by atoms with Crippen molar-refractivity contribution in [2.75, 3.05) is 19.6 Å². The average molecular weight is 214 g/mol. The molecular weight excluding hydrogens is 192 g/mol. The smallest absolute Gasteiger partial charge is 0.0771 e. The molecule has 0 bridgehead atoms. The Bertz CT molecular complexity index is 182. The van der Waals surface area contributed by atoms with Crippen LogP contribution in [0.1, 0.15) is 39.0 Å².